The first kappa shape index (κ1) is 13.5. The van der Waals surface area contributed by atoms with E-state index in [1.807, 2.05) is 6.92 Å². The summed E-state index contributed by atoms with van der Waals surface area (Å²) in [6.45, 7) is 2.09. The first-order valence-electron chi connectivity index (χ1n) is 6.07. The molecule has 0 spiro atoms. The highest BCUT2D eigenvalue weighted by atomic mass is 16.5. The molecule has 1 aromatic rings. The molecule has 0 saturated carbocycles. The number of hydrogen-bond acceptors (Lipinski definition) is 5. The van der Waals surface area contributed by atoms with Crippen LogP contribution in [0, 0.1) is 0 Å². The fourth-order valence-electron chi connectivity index (χ4n) is 2.26. The zero-order valence-corrected chi connectivity index (χ0v) is 10.8. The van der Waals surface area contributed by atoms with E-state index < -0.39 is 17.9 Å². The van der Waals surface area contributed by atoms with Crippen molar-refractivity contribution < 1.29 is 23.8 Å². The van der Waals surface area contributed by atoms with Gasteiger partial charge < -0.3 is 19.2 Å². The number of carboxylic acid groups (broad SMARTS) is 1. The van der Waals surface area contributed by atoms with Crippen LogP contribution in [0.5, 0.6) is 0 Å². The molecule has 1 fully saturated rings. The van der Waals surface area contributed by atoms with Gasteiger partial charge in [-0.05, 0) is 0 Å². The molecule has 0 radical (unpaired) electrons. The molecule has 0 bridgehead atoms. The minimum Gasteiger partial charge on any atom is -0.480 e. The standard InChI is InChI=1S/C12H16N2O5/c1-3-9-10(13-6-19-9)11(15)14-5-7(18-2)4-8(14)12(16)17/h6-8H,3-5H2,1-2H3,(H,16,17). The maximum atomic E-state index is 12.3. The highest BCUT2D eigenvalue weighted by Crippen LogP contribution is 2.23. The van der Waals surface area contributed by atoms with Crippen molar-refractivity contribution in [3.8, 4) is 0 Å². The maximum Gasteiger partial charge on any atom is 0.326 e. The summed E-state index contributed by atoms with van der Waals surface area (Å²) in [7, 11) is 1.51. The van der Waals surface area contributed by atoms with E-state index in [4.69, 9.17) is 9.15 Å². The Morgan fingerprint density at radius 3 is 2.95 bits per heavy atom. The summed E-state index contributed by atoms with van der Waals surface area (Å²) in [5, 5.41) is 9.18. The third-order valence-electron chi connectivity index (χ3n) is 3.31. The second-order valence-electron chi connectivity index (χ2n) is 4.38. The van der Waals surface area contributed by atoms with Crippen molar-refractivity contribution in [1.82, 2.24) is 9.88 Å². The number of oxazole rings is 1. The van der Waals surface area contributed by atoms with E-state index in [2.05, 4.69) is 4.98 Å². The molecule has 2 unspecified atom stereocenters. The Morgan fingerprint density at radius 1 is 1.63 bits per heavy atom. The SMILES string of the molecule is CCc1ocnc1C(=O)N1CC(OC)CC1C(=O)O. The van der Waals surface area contributed by atoms with Crippen LogP contribution >= 0.6 is 0 Å². The van der Waals surface area contributed by atoms with Gasteiger partial charge in [0.05, 0.1) is 6.10 Å². The van der Waals surface area contributed by atoms with Gasteiger partial charge in [-0.1, -0.05) is 6.92 Å². The lowest BCUT2D eigenvalue weighted by molar-refractivity contribution is -0.141. The molecule has 0 aromatic carbocycles. The lowest BCUT2D eigenvalue weighted by Gasteiger charge is -2.20. The first-order valence-corrected chi connectivity index (χ1v) is 6.07. The minimum absolute atomic E-state index is 0.186. The van der Waals surface area contributed by atoms with Crippen LogP contribution in [-0.4, -0.2) is 52.7 Å². The van der Waals surface area contributed by atoms with Crippen molar-refractivity contribution in [3.05, 3.63) is 17.8 Å². The van der Waals surface area contributed by atoms with Gasteiger partial charge in [0.15, 0.2) is 12.1 Å². The number of carbonyl (C=O) groups is 2. The summed E-state index contributed by atoms with van der Waals surface area (Å²) in [6.07, 6.45) is 1.75. The van der Waals surface area contributed by atoms with Gasteiger partial charge in [-0.15, -0.1) is 0 Å². The number of aromatic nitrogens is 1. The third-order valence-corrected chi connectivity index (χ3v) is 3.31. The number of rotatable bonds is 4. The predicted molar refractivity (Wildman–Crippen MR) is 63.8 cm³/mol. The van der Waals surface area contributed by atoms with E-state index in [-0.39, 0.29) is 24.8 Å². The zero-order chi connectivity index (χ0) is 14.0. The molecular weight excluding hydrogens is 252 g/mol. The Kier molecular flexibility index (Phi) is 3.84. The van der Waals surface area contributed by atoms with Crippen LogP contribution < -0.4 is 0 Å². The van der Waals surface area contributed by atoms with E-state index in [9.17, 15) is 14.7 Å². The topological polar surface area (TPSA) is 92.9 Å². The van der Waals surface area contributed by atoms with Crippen molar-refractivity contribution in [2.45, 2.75) is 31.9 Å². The highest BCUT2D eigenvalue weighted by Gasteiger charge is 2.41. The normalized spacial score (nSPS) is 22.7. The van der Waals surface area contributed by atoms with Crippen molar-refractivity contribution in [3.63, 3.8) is 0 Å². The Balaban J connectivity index is 2.24. The molecule has 7 heteroatoms. The van der Waals surface area contributed by atoms with Gasteiger partial charge in [0.1, 0.15) is 11.8 Å². The average Bonchev–Trinajstić information content (AvgIpc) is 3.03. The molecule has 1 amide bonds. The molecule has 1 N–H and O–H groups in total. The fourth-order valence-corrected chi connectivity index (χ4v) is 2.26. The second-order valence-corrected chi connectivity index (χ2v) is 4.38. The van der Waals surface area contributed by atoms with Crippen LogP contribution in [0.2, 0.25) is 0 Å². The summed E-state index contributed by atoms with van der Waals surface area (Å²) in [5.74, 6) is -0.984. The number of carbonyl (C=O) groups excluding carboxylic acids is 1. The number of methoxy groups -OCH3 is 1. The van der Waals surface area contributed by atoms with Crippen LogP contribution in [0.25, 0.3) is 0 Å². The van der Waals surface area contributed by atoms with Crippen molar-refractivity contribution in [2.75, 3.05) is 13.7 Å². The fraction of sp³-hybridized carbons (Fsp3) is 0.583. The lowest BCUT2D eigenvalue weighted by Crippen LogP contribution is -2.41. The van der Waals surface area contributed by atoms with Crippen LogP contribution in [0.1, 0.15) is 29.6 Å². The number of nitrogens with zero attached hydrogens (tertiary/aromatic N) is 2. The van der Waals surface area contributed by atoms with Gasteiger partial charge in [0.2, 0.25) is 0 Å². The number of hydrogen-bond donors (Lipinski definition) is 1. The largest absolute Gasteiger partial charge is 0.480 e. The summed E-state index contributed by atoms with van der Waals surface area (Å²) in [4.78, 5) is 28.7. The van der Waals surface area contributed by atoms with Crippen molar-refractivity contribution in [1.29, 1.82) is 0 Å². The molecular formula is C12H16N2O5. The Bertz CT molecular complexity index is 484. The summed E-state index contributed by atoms with van der Waals surface area (Å²) < 4.78 is 10.3. The van der Waals surface area contributed by atoms with Crippen LogP contribution in [-0.2, 0) is 16.0 Å². The number of carboxylic acids is 1. The maximum absolute atomic E-state index is 12.3. The molecule has 1 aliphatic heterocycles. The lowest BCUT2D eigenvalue weighted by atomic mass is 10.2. The number of amides is 1. The van der Waals surface area contributed by atoms with E-state index >= 15 is 0 Å². The monoisotopic (exact) mass is 268 g/mol. The van der Waals surface area contributed by atoms with Gasteiger partial charge >= 0.3 is 5.97 Å². The molecule has 7 nitrogen and oxygen atoms in total. The number of aliphatic carboxylic acids is 1. The Hall–Kier alpha value is -1.89. The second kappa shape index (κ2) is 5.40. The van der Waals surface area contributed by atoms with Crippen molar-refractivity contribution >= 4 is 11.9 Å². The highest BCUT2D eigenvalue weighted by molar-refractivity contribution is 5.96. The van der Waals surface area contributed by atoms with Gasteiger partial charge in [-0.25, -0.2) is 9.78 Å². The summed E-state index contributed by atoms with van der Waals surface area (Å²) in [6, 6.07) is -0.876. The van der Waals surface area contributed by atoms with E-state index in [1.165, 1.54) is 18.4 Å². The minimum atomic E-state index is -1.03. The van der Waals surface area contributed by atoms with Crippen LogP contribution in [0.15, 0.2) is 10.8 Å². The molecule has 1 saturated heterocycles. The quantitative estimate of drug-likeness (QED) is 0.857. The van der Waals surface area contributed by atoms with Crippen molar-refractivity contribution in [2.24, 2.45) is 0 Å². The molecule has 2 heterocycles. The summed E-state index contributed by atoms with van der Waals surface area (Å²) >= 11 is 0. The first-order chi connectivity index (χ1) is 9.08. The molecule has 0 aliphatic carbocycles. The Labute approximate surface area is 110 Å². The molecule has 19 heavy (non-hydrogen) atoms. The molecule has 2 atom stereocenters. The number of likely N-dealkylation sites (tertiary alicyclic amines) is 1. The van der Waals surface area contributed by atoms with E-state index in [0.29, 0.717) is 12.2 Å². The van der Waals surface area contributed by atoms with Gasteiger partial charge in [0.25, 0.3) is 5.91 Å². The average molecular weight is 268 g/mol. The van der Waals surface area contributed by atoms with Crippen LogP contribution in [0.4, 0.5) is 0 Å². The Morgan fingerprint density at radius 2 is 2.37 bits per heavy atom. The third kappa shape index (κ3) is 2.46. The zero-order valence-electron chi connectivity index (χ0n) is 10.8. The van der Waals surface area contributed by atoms with E-state index in [0.717, 1.165) is 0 Å². The number of ether oxygens (including phenoxy) is 1. The summed E-state index contributed by atoms with van der Waals surface area (Å²) in [5.41, 5.74) is 0.186. The van der Waals surface area contributed by atoms with E-state index in [1.54, 1.807) is 0 Å². The molecule has 2 rings (SSSR count). The number of aryl methyl sites for hydroxylation is 1. The van der Waals surface area contributed by atoms with Gasteiger partial charge in [-0.2, -0.15) is 0 Å². The molecule has 1 aliphatic rings. The van der Waals surface area contributed by atoms with Gasteiger partial charge in [-0.3, -0.25) is 4.79 Å². The molecule has 1 aromatic heterocycles. The smallest absolute Gasteiger partial charge is 0.326 e. The predicted octanol–water partition coefficient (Wildman–Crippen LogP) is 0.551. The molecule has 104 valence electrons. The van der Waals surface area contributed by atoms with Crippen LogP contribution in [0.3, 0.4) is 0 Å². The van der Waals surface area contributed by atoms with Gasteiger partial charge in [0, 0.05) is 26.5 Å².